The van der Waals surface area contributed by atoms with Crippen LogP contribution in [-0.2, 0) is 4.74 Å². The summed E-state index contributed by atoms with van der Waals surface area (Å²) in [6, 6.07) is 9.67. The molecule has 70 valence electrons. The molecule has 0 amide bonds. The predicted octanol–water partition coefficient (Wildman–Crippen LogP) is -0.554. The van der Waals surface area contributed by atoms with Crippen molar-refractivity contribution < 1.29 is 28.4 Å². The van der Waals surface area contributed by atoms with Crippen molar-refractivity contribution in [1.82, 2.24) is 0 Å². The molecule has 0 bridgehead atoms. The Balaban J connectivity index is 0.00000169. The van der Waals surface area contributed by atoms with Crippen LogP contribution in [0.25, 0.3) is 0 Å². The molecule has 0 fully saturated rings. The van der Waals surface area contributed by atoms with Crippen LogP contribution in [0.2, 0.25) is 0 Å². The SMILES string of the molecule is CC(C)(C)OC(=O)c1c[c-]ccc1.[Li+]. The van der Waals surface area contributed by atoms with Crippen molar-refractivity contribution in [2.24, 2.45) is 0 Å². The molecule has 0 aliphatic heterocycles. The van der Waals surface area contributed by atoms with Crippen LogP contribution >= 0.6 is 0 Å². The van der Waals surface area contributed by atoms with E-state index in [0.717, 1.165) is 0 Å². The summed E-state index contributed by atoms with van der Waals surface area (Å²) in [5.41, 5.74) is 0.102. The topological polar surface area (TPSA) is 26.3 Å². The third-order valence-corrected chi connectivity index (χ3v) is 1.34. The summed E-state index contributed by atoms with van der Waals surface area (Å²) in [5.74, 6) is -0.302. The van der Waals surface area contributed by atoms with E-state index in [1.165, 1.54) is 0 Å². The van der Waals surface area contributed by atoms with Crippen LogP contribution in [0.3, 0.4) is 0 Å². The first kappa shape index (κ1) is 13.3. The van der Waals surface area contributed by atoms with Crippen LogP contribution in [-0.4, -0.2) is 11.6 Å². The molecule has 1 rings (SSSR count). The van der Waals surface area contributed by atoms with Crippen molar-refractivity contribution in [2.45, 2.75) is 26.4 Å². The van der Waals surface area contributed by atoms with Crippen LogP contribution in [0.1, 0.15) is 31.1 Å². The second-order valence-corrected chi connectivity index (χ2v) is 3.79. The third kappa shape index (κ3) is 4.50. The molecule has 0 saturated carbocycles. The van der Waals surface area contributed by atoms with E-state index in [1.54, 1.807) is 24.3 Å². The van der Waals surface area contributed by atoms with Crippen LogP contribution < -0.4 is 18.9 Å². The van der Waals surface area contributed by atoms with Crippen molar-refractivity contribution in [3.05, 3.63) is 35.9 Å². The Morgan fingerprint density at radius 1 is 1.43 bits per heavy atom. The molecule has 3 heteroatoms. The number of carbonyl (C=O) groups excluding carboxylic acids is 1. The van der Waals surface area contributed by atoms with Crippen LogP contribution in [0, 0.1) is 6.07 Å². The van der Waals surface area contributed by atoms with Crippen LogP contribution in [0.15, 0.2) is 24.3 Å². The summed E-state index contributed by atoms with van der Waals surface area (Å²) in [5, 5.41) is 0. The number of hydrogen-bond donors (Lipinski definition) is 0. The van der Waals surface area contributed by atoms with Crippen molar-refractivity contribution in [1.29, 1.82) is 0 Å². The second-order valence-electron chi connectivity index (χ2n) is 3.79. The molecule has 2 nitrogen and oxygen atoms in total. The van der Waals surface area contributed by atoms with Gasteiger partial charge in [0.2, 0.25) is 0 Å². The van der Waals surface area contributed by atoms with E-state index in [2.05, 4.69) is 6.07 Å². The van der Waals surface area contributed by atoms with Gasteiger partial charge in [-0.25, -0.2) is 0 Å². The van der Waals surface area contributed by atoms with E-state index >= 15 is 0 Å². The Morgan fingerprint density at radius 2 is 2.07 bits per heavy atom. The normalized spacial score (nSPS) is 10.2. The summed E-state index contributed by atoms with van der Waals surface area (Å²) in [6.07, 6.45) is 0. The van der Waals surface area contributed by atoms with Gasteiger partial charge in [0.1, 0.15) is 5.60 Å². The van der Waals surface area contributed by atoms with Gasteiger partial charge in [-0.2, -0.15) is 30.3 Å². The molecular weight excluding hydrogens is 171 g/mol. The number of carbonyl (C=O) groups is 1. The zero-order valence-electron chi connectivity index (χ0n) is 9.13. The van der Waals surface area contributed by atoms with E-state index in [1.807, 2.05) is 20.8 Å². The van der Waals surface area contributed by atoms with Gasteiger partial charge in [-0.3, -0.25) is 4.79 Å². The van der Waals surface area contributed by atoms with Gasteiger partial charge in [0.25, 0.3) is 5.97 Å². The molecule has 14 heavy (non-hydrogen) atoms. The Kier molecular flexibility index (Phi) is 4.97. The Morgan fingerprint density at radius 3 is 2.50 bits per heavy atom. The minimum atomic E-state index is -0.438. The maximum absolute atomic E-state index is 11.4. The van der Waals surface area contributed by atoms with E-state index < -0.39 is 5.60 Å². The average molecular weight is 184 g/mol. The minimum absolute atomic E-state index is 0. The van der Waals surface area contributed by atoms with Gasteiger partial charge >= 0.3 is 18.9 Å². The largest absolute Gasteiger partial charge is 1.00 e. The summed E-state index contributed by atoms with van der Waals surface area (Å²) in [4.78, 5) is 11.4. The number of rotatable bonds is 1. The van der Waals surface area contributed by atoms with Gasteiger partial charge in [0, 0.05) is 0 Å². The third-order valence-electron chi connectivity index (χ3n) is 1.34. The summed E-state index contributed by atoms with van der Waals surface area (Å²) >= 11 is 0. The Bertz CT molecular complexity index is 288. The minimum Gasteiger partial charge on any atom is -0.466 e. The van der Waals surface area contributed by atoms with Gasteiger partial charge in [0.15, 0.2) is 0 Å². The fraction of sp³-hybridized carbons (Fsp3) is 0.364. The number of ether oxygens (including phenoxy) is 1. The second kappa shape index (κ2) is 5.24. The molecule has 1 aromatic carbocycles. The van der Waals surface area contributed by atoms with Crippen LogP contribution in [0.4, 0.5) is 0 Å². The van der Waals surface area contributed by atoms with Crippen molar-refractivity contribution >= 4 is 5.97 Å². The van der Waals surface area contributed by atoms with Gasteiger partial charge < -0.3 is 4.74 Å². The molecule has 0 N–H and O–H groups in total. The fourth-order valence-corrected chi connectivity index (χ4v) is 0.857. The maximum Gasteiger partial charge on any atom is 1.00 e. The summed E-state index contributed by atoms with van der Waals surface area (Å²) < 4.78 is 5.16. The summed E-state index contributed by atoms with van der Waals surface area (Å²) in [6.45, 7) is 5.53. The molecule has 0 heterocycles. The first-order valence-corrected chi connectivity index (χ1v) is 4.18. The van der Waals surface area contributed by atoms with E-state index in [9.17, 15) is 4.79 Å². The zero-order chi connectivity index (χ0) is 9.90. The van der Waals surface area contributed by atoms with Gasteiger partial charge in [-0.1, -0.05) is 5.56 Å². The average Bonchev–Trinajstić information content (AvgIpc) is 2.03. The molecule has 0 atom stereocenters. The summed E-state index contributed by atoms with van der Waals surface area (Å²) in [7, 11) is 0. The number of hydrogen-bond acceptors (Lipinski definition) is 2. The number of esters is 1. The molecular formula is C11H13LiO2. The van der Waals surface area contributed by atoms with Gasteiger partial charge in [0.05, 0.1) is 0 Å². The molecule has 0 aliphatic carbocycles. The molecule has 0 radical (unpaired) electrons. The van der Waals surface area contributed by atoms with Gasteiger partial charge in [-0.05, 0) is 20.8 Å². The molecule has 1 aromatic rings. The van der Waals surface area contributed by atoms with Crippen molar-refractivity contribution in [2.75, 3.05) is 0 Å². The molecule has 0 saturated heterocycles. The first-order valence-electron chi connectivity index (χ1n) is 4.18. The Labute approximate surface area is 96.8 Å². The zero-order valence-corrected chi connectivity index (χ0v) is 9.13. The molecule has 0 spiro atoms. The van der Waals surface area contributed by atoms with E-state index in [-0.39, 0.29) is 24.8 Å². The molecule has 0 unspecified atom stereocenters. The van der Waals surface area contributed by atoms with E-state index in [0.29, 0.717) is 5.56 Å². The fourth-order valence-electron chi connectivity index (χ4n) is 0.857. The van der Waals surface area contributed by atoms with E-state index in [4.69, 9.17) is 4.74 Å². The standard InChI is InChI=1S/C11H13O2.Li/c1-11(2,3)13-10(12)9-7-5-4-6-8-9;/h4-5,7-8H,1-3H3;/q-1;+1. The van der Waals surface area contributed by atoms with Crippen molar-refractivity contribution in [3.63, 3.8) is 0 Å². The molecule has 0 aliphatic rings. The molecule has 0 aromatic heterocycles. The van der Waals surface area contributed by atoms with Crippen molar-refractivity contribution in [3.8, 4) is 0 Å². The quantitative estimate of drug-likeness (QED) is 0.332. The van der Waals surface area contributed by atoms with Crippen LogP contribution in [0.5, 0.6) is 0 Å². The monoisotopic (exact) mass is 184 g/mol. The first-order chi connectivity index (χ1) is 5.99. The maximum atomic E-state index is 11.4. The predicted molar refractivity (Wildman–Crippen MR) is 50.4 cm³/mol. The smallest absolute Gasteiger partial charge is 0.466 e. The number of benzene rings is 1. The van der Waals surface area contributed by atoms with Gasteiger partial charge in [-0.15, -0.1) is 0 Å². The Hall–Kier alpha value is -0.713.